The molecule has 0 aliphatic rings. The highest BCUT2D eigenvalue weighted by Crippen LogP contribution is 2.19. The first-order valence-corrected chi connectivity index (χ1v) is 19.5. The van der Waals surface area contributed by atoms with E-state index in [1.807, 2.05) is 0 Å². The van der Waals surface area contributed by atoms with Gasteiger partial charge in [0.25, 0.3) is 0 Å². The summed E-state index contributed by atoms with van der Waals surface area (Å²) in [6.07, 6.45) is 52.5. The van der Waals surface area contributed by atoms with Crippen molar-refractivity contribution < 1.29 is 4.48 Å². The fourth-order valence-corrected chi connectivity index (χ4v) is 6.14. The Bertz CT molecular complexity index is 485. The monoisotopic (exact) mass is 575 g/mol. The molecule has 1 nitrogen and oxygen atoms in total. The van der Waals surface area contributed by atoms with Crippen LogP contribution in [-0.2, 0) is 0 Å². The van der Waals surface area contributed by atoms with Gasteiger partial charge >= 0.3 is 0 Å². The van der Waals surface area contributed by atoms with Gasteiger partial charge in [0.15, 0.2) is 0 Å². The average molecular weight is 575 g/mol. The molecule has 0 atom stereocenters. The van der Waals surface area contributed by atoms with E-state index in [-0.39, 0.29) is 0 Å². The summed E-state index contributed by atoms with van der Waals surface area (Å²) in [6, 6.07) is 0. The summed E-state index contributed by atoms with van der Waals surface area (Å²) in [5.41, 5.74) is 0. The number of allylic oxidation sites excluding steroid dienone is 2. The van der Waals surface area contributed by atoms with Crippen LogP contribution in [0.2, 0.25) is 0 Å². The van der Waals surface area contributed by atoms with Crippen LogP contribution in [0.15, 0.2) is 24.6 Å². The van der Waals surface area contributed by atoms with E-state index in [0.717, 1.165) is 4.48 Å². The summed E-state index contributed by atoms with van der Waals surface area (Å²) in [4.78, 5) is 0. The first-order valence-electron chi connectivity index (χ1n) is 19.5. The van der Waals surface area contributed by atoms with Gasteiger partial charge in [0.1, 0.15) is 0 Å². The van der Waals surface area contributed by atoms with Crippen molar-refractivity contribution in [3.05, 3.63) is 24.6 Å². The van der Waals surface area contributed by atoms with E-state index in [1.165, 1.54) is 206 Å². The summed E-state index contributed by atoms with van der Waals surface area (Å²) in [6.45, 7) is 11.9. The van der Waals surface area contributed by atoms with Crippen LogP contribution in [0.3, 0.4) is 0 Å². The maximum Gasteiger partial charge on any atom is 0.0964 e. The van der Waals surface area contributed by atoms with Crippen molar-refractivity contribution in [3.63, 3.8) is 0 Å². The minimum Gasteiger partial charge on any atom is -0.272 e. The average Bonchev–Trinajstić information content (AvgIpc) is 2.99. The van der Waals surface area contributed by atoms with Crippen molar-refractivity contribution in [3.8, 4) is 0 Å². The molecular weight excluding hydrogens is 494 g/mol. The Hall–Kier alpha value is -0.560. The van der Waals surface area contributed by atoms with Crippen LogP contribution in [0.25, 0.3) is 0 Å². The van der Waals surface area contributed by atoms with E-state index in [0.29, 0.717) is 0 Å². The smallest absolute Gasteiger partial charge is 0.0964 e. The van der Waals surface area contributed by atoms with Crippen LogP contribution >= 0.6 is 0 Å². The molecule has 41 heavy (non-hydrogen) atoms. The SMILES string of the molecule is CCCCCCCCCCCCCCC=C[N+](C=CCCCCCCCCCCCCCC)(CCCC)CCCC. The molecule has 0 aliphatic carbocycles. The van der Waals surface area contributed by atoms with Crippen LogP contribution in [0.4, 0.5) is 0 Å². The number of unbranched alkanes of at least 4 members (excludes halogenated alkanes) is 26. The van der Waals surface area contributed by atoms with E-state index in [9.17, 15) is 0 Å². The Labute approximate surface area is 262 Å². The van der Waals surface area contributed by atoms with Crippen LogP contribution in [0, 0.1) is 0 Å². The van der Waals surface area contributed by atoms with Gasteiger partial charge in [0, 0.05) is 0 Å². The second kappa shape index (κ2) is 33.9. The van der Waals surface area contributed by atoms with Crippen molar-refractivity contribution in [2.75, 3.05) is 13.1 Å². The Balaban J connectivity index is 4.19. The normalized spacial score (nSPS) is 12.4. The molecule has 0 amide bonds. The van der Waals surface area contributed by atoms with E-state index in [2.05, 4.69) is 52.2 Å². The first kappa shape index (κ1) is 40.4. The van der Waals surface area contributed by atoms with E-state index < -0.39 is 0 Å². The van der Waals surface area contributed by atoms with Gasteiger partial charge in [-0.15, -0.1) is 0 Å². The lowest BCUT2D eigenvalue weighted by atomic mass is 10.0. The van der Waals surface area contributed by atoms with Gasteiger partial charge in [-0.3, -0.25) is 4.48 Å². The van der Waals surface area contributed by atoms with Crippen LogP contribution in [-0.4, -0.2) is 17.6 Å². The zero-order valence-electron chi connectivity index (χ0n) is 29.4. The molecule has 0 saturated heterocycles. The fraction of sp³-hybridized carbons (Fsp3) is 0.900. The molecule has 0 aromatic carbocycles. The molecule has 0 aromatic rings. The second-order valence-electron chi connectivity index (χ2n) is 13.4. The predicted molar refractivity (Wildman–Crippen MR) is 189 cm³/mol. The van der Waals surface area contributed by atoms with Gasteiger partial charge in [0.05, 0.1) is 25.5 Å². The van der Waals surface area contributed by atoms with Gasteiger partial charge in [0.2, 0.25) is 0 Å². The molecule has 244 valence electrons. The van der Waals surface area contributed by atoms with Gasteiger partial charge in [-0.1, -0.05) is 182 Å². The van der Waals surface area contributed by atoms with E-state index >= 15 is 0 Å². The first-order chi connectivity index (χ1) is 20.2. The zero-order chi connectivity index (χ0) is 30.0. The largest absolute Gasteiger partial charge is 0.272 e. The van der Waals surface area contributed by atoms with Crippen molar-refractivity contribution in [2.45, 2.75) is 220 Å². The number of quaternary nitrogens is 1. The lowest BCUT2D eigenvalue weighted by Gasteiger charge is -2.31. The summed E-state index contributed by atoms with van der Waals surface area (Å²) in [7, 11) is 0. The topological polar surface area (TPSA) is 0 Å². The van der Waals surface area contributed by atoms with Gasteiger partial charge in [-0.25, -0.2) is 0 Å². The fourth-order valence-electron chi connectivity index (χ4n) is 6.14. The Morgan fingerprint density at radius 3 is 0.805 bits per heavy atom. The number of hydrogen-bond donors (Lipinski definition) is 0. The highest BCUT2D eigenvalue weighted by molar-refractivity contribution is 4.83. The van der Waals surface area contributed by atoms with Crippen LogP contribution in [0.5, 0.6) is 0 Å². The van der Waals surface area contributed by atoms with Crippen LogP contribution < -0.4 is 0 Å². The summed E-state index contributed by atoms with van der Waals surface area (Å²) >= 11 is 0. The van der Waals surface area contributed by atoms with Gasteiger partial charge in [-0.2, -0.15) is 0 Å². The van der Waals surface area contributed by atoms with Crippen molar-refractivity contribution >= 4 is 0 Å². The molecule has 0 bridgehead atoms. The molecule has 0 saturated carbocycles. The van der Waals surface area contributed by atoms with E-state index in [4.69, 9.17) is 0 Å². The van der Waals surface area contributed by atoms with Gasteiger partial charge in [-0.05, 0) is 50.7 Å². The molecule has 0 unspecified atom stereocenters. The molecule has 0 aromatic heterocycles. The highest BCUT2D eigenvalue weighted by atomic mass is 15.3. The van der Waals surface area contributed by atoms with Crippen molar-refractivity contribution in [1.82, 2.24) is 0 Å². The Kier molecular flexibility index (Phi) is 33.5. The number of nitrogens with zero attached hydrogens (tertiary/aromatic N) is 1. The summed E-state index contributed by atoms with van der Waals surface area (Å²) in [5, 5.41) is 0. The zero-order valence-corrected chi connectivity index (χ0v) is 29.4. The van der Waals surface area contributed by atoms with Crippen molar-refractivity contribution in [1.29, 1.82) is 0 Å². The molecule has 0 aliphatic heterocycles. The van der Waals surface area contributed by atoms with Gasteiger partial charge < -0.3 is 0 Å². The molecule has 0 heterocycles. The Morgan fingerprint density at radius 2 is 0.537 bits per heavy atom. The number of hydrogen-bond acceptors (Lipinski definition) is 0. The third kappa shape index (κ3) is 29.3. The highest BCUT2D eigenvalue weighted by Gasteiger charge is 2.20. The molecular formula is C40H80N+. The third-order valence-electron chi connectivity index (χ3n) is 9.11. The lowest BCUT2D eigenvalue weighted by Crippen LogP contribution is -2.39. The molecule has 0 fully saturated rings. The molecule has 0 radical (unpaired) electrons. The van der Waals surface area contributed by atoms with Crippen LogP contribution in [0.1, 0.15) is 220 Å². The molecule has 0 N–H and O–H groups in total. The second-order valence-corrected chi connectivity index (χ2v) is 13.4. The summed E-state index contributed by atoms with van der Waals surface area (Å²) < 4.78 is 1.10. The van der Waals surface area contributed by atoms with Crippen molar-refractivity contribution in [2.24, 2.45) is 0 Å². The molecule has 0 spiro atoms. The molecule has 1 heteroatoms. The molecule has 0 rings (SSSR count). The predicted octanol–water partition coefficient (Wildman–Crippen LogP) is 14.6. The third-order valence-corrected chi connectivity index (χ3v) is 9.11. The summed E-state index contributed by atoms with van der Waals surface area (Å²) in [5.74, 6) is 0. The minimum absolute atomic E-state index is 1.10. The standard InChI is InChI=1S/C40H80N/c1-5-9-13-15-17-19-21-23-25-27-29-31-33-35-39-41(37-11-7-3,38-12-8-4)40-36-34-32-30-28-26-24-22-20-18-16-14-10-6-2/h35-36,39-40H,5-34,37-38H2,1-4H3/q+1. The maximum absolute atomic E-state index is 2.59. The maximum atomic E-state index is 2.59. The quantitative estimate of drug-likeness (QED) is 0.0529. The lowest BCUT2D eigenvalue weighted by molar-refractivity contribution is -0.829. The number of rotatable bonds is 34. The van der Waals surface area contributed by atoms with E-state index in [1.54, 1.807) is 0 Å². The Morgan fingerprint density at radius 1 is 0.293 bits per heavy atom. The minimum atomic E-state index is 1.10.